The molecule has 0 saturated carbocycles. The molecule has 1 atom stereocenters. The van der Waals surface area contributed by atoms with Crippen molar-refractivity contribution in [1.29, 1.82) is 0 Å². The zero-order valence-corrected chi connectivity index (χ0v) is 16.3. The van der Waals surface area contributed by atoms with Crippen LogP contribution in [0.15, 0.2) is 53.4 Å². The van der Waals surface area contributed by atoms with Crippen LogP contribution in [0.1, 0.15) is 24.1 Å². The second kappa shape index (κ2) is 7.03. The number of fused-ring (bicyclic) bond motifs is 1. The van der Waals surface area contributed by atoms with E-state index in [4.69, 9.17) is 0 Å². The Balaban J connectivity index is 1.73. The molecule has 2 aliphatic heterocycles. The third kappa shape index (κ3) is 3.08. The van der Waals surface area contributed by atoms with Gasteiger partial charge in [-0.25, -0.2) is 8.42 Å². The van der Waals surface area contributed by atoms with Gasteiger partial charge in [0.25, 0.3) is 0 Å². The monoisotopic (exact) mass is 399 g/mol. The van der Waals surface area contributed by atoms with E-state index in [9.17, 15) is 18.0 Å². The highest BCUT2D eigenvalue weighted by Crippen LogP contribution is 2.34. The van der Waals surface area contributed by atoms with Crippen molar-refractivity contribution in [3.63, 3.8) is 0 Å². The molecule has 1 saturated heterocycles. The lowest BCUT2D eigenvalue weighted by molar-refractivity contribution is -0.127. The molecular formula is C20H21N3O4S. The minimum atomic E-state index is -3.88. The summed E-state index contributed by atoms with van der Waals surface area (Å²) in [6.45, 7) is 2.51. The van der Waals surface area contributed by atoms with Crippen LogP contribution in [0.3, 0.4) is 0 Å². The number of carbonyl (C=O) groups is 2. The number of sulfonamides is 1. The number of nitrogens with one attached hydrogen (secondary N) is 1. The second-order valence-electron chi connectivity index (χ2n) is 6.93. The van der Waals surface area contributed by atoms with E-state index in [0.717, 1.165) is 11.3 Å². The van der Waals surface area contributed by atoms with Crippen molar-refractivity contribution in [3.8, 4) is 0 Å². The maximum Gasteiger partial charge on any atom is 0.244 e. The Morgan fingerprint density at radius 1 is 1.11 bits per heavy atom. The first-order chi connectivity index (χ1) is 13.4. The van der Waals surface area contributed by atoms with E-state index in [-0.39, 0.29) is 29.8 Å². The van der Waals surface area contributed by atoms with Gasteiger partial charge in [0.05, 0.1) is 4.90 Å². The van der Waals surface area contributed by atoms with Crippen molar-refractivity contribution in [2.45, 2.75) is 24.3 Å². The van der Waals surface area contributed by atoms with Crippen molar-refractivity contribution in [2.75, 3.05) is 24.5 Å². The quantitative estimate of drug-likeness (QED) is 0.847. The van der Waals surface area contributed by atoms with Crippen LogP contribution in [0, 0.1) is 0 Å². The first-order valence-electron chi connectivity index (χ1n) is 9.15. The van der Waals surface area contributed by atoms with Crippen molar-refractivity contribution >= 4 is 27.5 Å². The maximum absolute atomic E-state index is 13.4. The highest BCUT2D eigenvalue weighted by Gasteiger charge is 2.40. The highest BCUT2D eigenvalue weighted by molar-refractivity contribution is 7.89. The lowest BCUT2D eigenvalue weighted by Gasteiger charge is -2.34. The maximum atomic E-state index is 13.4. The Morgan fingerprint density at radius 3 is 2.57 bits per heavy atom. The van der Waals surface area contributed by atoms with Crippen LogP contribution >= 0.6 is 0 Å². The molecular weight excluding hydrogens is 378 g/mol. The lowest BCUT2D eigenvalue weighted by atomic mass is 10.1. The summed E-state index contributed by atoms with van der Waals surface area (Å²) in [6, 6.07) is 12.8. The minimum absolute atomic E-state index is 0.0637. The van der Waals surface area contributed by atoms with Crippen molar-refractivity contribution in [1.82, 2.24) is 9.62 Å². The number of carbonyl (C=O) groups excluding carboxylic acids is 2. The summed E-state index contributed by atoms with van der Waals surface area (Å²) in [7, 11) is -3.88. The molecule has 28 heavy (non-hydrogen) atoms. The summed E-state index contributed by atoms with van der Waals surface area (Å²) in [4.78, 5) is 26.0. The molecule has 2 aliphatic rings. The molecule has 1 unspecified atom stereocenters. The van der Waals surface area contributed by atoms with Gasteiger partial charge in [-0.3, -0.25) is 9.59 Å². The van der Waals surface area contributed by atoms with Crippen LogP contribution in [0.25, 0.3) is 0 Å². The molecule has 2 amide bonds. The van der Waals surface area contributed by atoms with Gasteiger partial charge in [0.15, 0.2) is 0 Å². The predicted octanol–water partition coefficient (Wildman–Crippen LogP) is 1.46. The standard InChI is InChI=1S/C20H21N3O4S/c1-14(24)22-11-9-16-13-17(7-8-18(16)22)28(26,27)23-12-10-21-20(25)19(23)15-5-3-2-4-6-15/h2-8,13,19H,9-12H2,1H3,(H,21,25). The Kier molecular flexibility index (Phi) is 4.68. The third-order valence-electron chi connectivity index (χ3n) is 5.22. The van der Waals surface area contributed by atoms with Crippen molar-refractivity contribution in [3.05, 3.63) is 59.7 Å². The summed E-state index contributed by atoms with van der Waals surface area (Å²) in [6.07, 6.45) is 0.612. The zero-order valence-electron chi connectivity index (χ0n) is 15.5. The van der Waals surface area contributed by atoms with Gasteiger partial charge in [-0.15, -0.1) is 0 Å². The molecule has 146 valence electrons. The molecule has 1 fully saturated rings. The molecule has 0 aliphatic carbocycles. The Hall–Kier alpha value is -2.71. The lowest BCUT2D eigenvalue weighted by Crippen LogP contribution is -2.52. The van der Waals surface area contributed by atoms with E-state index in [1.54, 1.807) is 41.3 Å². The summed E-state index contributed by atoms with van der Waals surface area (Å²) < 4.78 is 28.1. The van der Waals surface area contributed by atoms with E-state index in [1.807, 2.05) is 6.07 Å². The second-order valence-corrected chi connectivity index (χ2v) is 8.82. The fourth-order valence-electron chi connectivity index (χ4n) is 3.86. The zero-order chi connectivity index (χ0) is 19.9. The average Bonchev–Trinajstić information content (AvgIpc) is 3.12. The fraction of sp³-hybridized carbons (Fsp3) is 0.300. The number of piperazine rings is 1. The van der Waals surface area contributed by atoms with E-state index >= 15 is 0 Å². The smallest absolute Gasteiger partial charge is 0.244 e. The number of amides is 2. The summed E-state index contributed by atoms with van der Waals surface area (Å²) in [5, 5.41) is 2.75. The molecule has 1 N–H and O–H groups in total. The van der Waals surface area contributed by atoms with E-state index < -0.39 is 16.1 Å². The summed E-state index contributed by atoms with van der Waals surface area (Å²) in [5.41, 5.74) is 2.21. The van der Waals surface area contributed by atoms with E-state index in [2.05, 4.69) is 5.32 Å². The average molecular weight is 399 g/mol. The topological polar surface area (TPSA) is 86.8 Å². The van der Waals surface area contributed by atoms with Crippen molar-refractivity contribution < 1.29 is 18.0 Å². The molecule has 2 aromatic rings. The largest absolute Gasteiger partial charge is 0.353 e. The van der Waals surface area contributed by atoms with Crippen LogP contribution < -0.4 is 10.2 Å². The van der Waals surface area contributed by atoms with Crippen LogP contribution in [0.4, 0.5) is 5.69 Å². The number of benzene rings is 2. The normalized spacial score (nSPS) is 20.0. The Labute approximate surface area is 164 Å². The fourth-order valence-corrected chi connectivity index (χ4v) is 5.49. The Morgan fingerprint density at radius 2 is 1.86 bits per heavy atom. The molecule has 8 heteroatoms. The minimum Gasteiger partial charge on any atom is -0.353 e. The van der Waals surface area contributed by atoms with Crippen LogP contribution in [0.5, 0.6) is 0 Å². The third-order valence-corrected chi connectivity index (χ3v) is 7.08. The molecule has 2 heterocycles. The number of hydrogen-bond donors (Lipinski definition) is 1. The SMILES string of the molecule is CC(=O)N1CCc2cc(S(=O)(=O)N3CCNC(=O)C3c3ccccc3)ccc21. The van der Waals surface area contributed by atoms with Crippen LogP contribution in [-0.2, 0) is 26.0 Å². The van der Waals surface area contributed by atoms with Gasteiger partial charge < -0.3 is 10.2 Å². The highest BCUT2D eigenvalue weighted by atomic mass is 32.2. The summed E-state index contributed by atoms with van der Waals surface area (Å²) >= 11 is 0. The predicted molar refractivity (Wildman–Crippen MR) is 104 cm³/mol. The van der Waals surface area contributed by atoms with Gasteiger partial charge in [0, 0.05) is 32.2 Å². The Bertz CT molecular complexity index is 1040. The van der Waals surface area contributed by atoms with Gasteiger partial charge in [-0.1, -0.05) is 30.3 Å². The molecule has 0 aromatic heterocycles. The molecule has 0 spiro atoms. The molecule has 0 radical (unpaired) electrons. The molecule has 4 rings (SSSR count). The molecule has 0 bridgehead atoms. The van der Waals surface area contributed by atoms with Gasteiger partial charge in [0.1, 0.15) is 6.04 Å². The number of anilines is 1. The first kappa shape index (κ1) is 18.6. The van der Waals surface area contributed by atoms with E-state index in [0.29, 0.717) is 18.5 Å². The van der Waals surface area contributed by atoms with Gasteiger partial charge >= 0.3 is 0 Å². The number of hydrogen-bond acceptors (Lipinski definition) is 4. The van der Waals surface area contributed by atoms with Crippen LogP contribution in [0.2, 0.25) is 0 Å². The number of nitrogens with zero attached hydrogens (tertiary/aromatic N) is 2. The van der Waals surface area contributed by atoms with Crippen molar-refractivity contribution in [2.24, 2.45) is 0 Å². The van der Waals surface area contributed by atoms with Gasteiger partial charge in [-0.05, 0) is 35.7 Å². The number of rotatable bonds is 3. The first-order valence-corrected chi connectivity index (χ1v) is 10.6. The van der Waals surface area contributed by atoms with Crippen LogP contribution in [-0.4, -0.2) is 44.2 Å². The molecule has 2 aromatic carbocycles. The van der Waals surface area contributed by atoms with E-state index in [1.165, 1.54) is 17.3 Å². The molecule has 7 nitrogen and oxygen atoms in total. The van der Waals surface area contributed by atoms with Gasteiger partial charge in [-0.2, -0.15) is 4.31 Å². The summed E-state index contributed by atoms with van der Waals surface area (Å²) in [5.74, 6) is -0.392. The van der Waals surface area contributed by atoms with Gasteiger partial charge in [0.2, 0.25) is 21.8 Å².